The molecule has 1 aromatic heterocycles. The fourth-order valence-electron chi connectivity index (χ4n) is 1.82. The zero-order valence-corrected chi connectivity index (χ0v) is 12.0. The summed E-state index contributed by atoms with van der Waals surface area (Å²) in [6, 6.07) is 1.82. The van der Waals surface area contributed by atoms with E-state index in [0.717, 1.165) is 16.9 Å². The molecule has 0 bridgehead atoms. The molecular weight excluding hydrogens is 266 g/mol. The maximum atomic E-state index is 12.3. The van der Waals surface area contributed by atoms with Crippen LogP contribution in [0.15, 0.2) is 6.07 Å². The van der Waals surface area contributed by atoms with Crippen molar-refractivity contribution in [3.8, 4) is 0 Å². The highest BCUT2D eigenvalue weighted by atomic mass is 32.1. The van der Waals surface area contributed by atoms with Gasteiger partial charge in [0.2, 0.25) is 0 Å². The van der Waals surface area contributed by atoms with Gasteiger partial charge in [0, 0.05) is 18.3 Å². The molecule has 19 heavy (non-hydrogen) atoms. The molecular formula is C13H17NO4S. The molecule has 5 nitrogen and oxygen atoms in total. The number of carboxylic acid groups (broad SMARTS) is 1. The van der Waals surface area contributed by atoms with Gasteiger partial charge < -0.3 is 14.7 Å². The lowest BCUT2D eigenvalue weighted by Crippen LogP contribution is -2.50. The molecule has 0 saturated heterocycles. The van der Waals surface area contributed by atoms with Gasteiger partial charge in [-0.15, -0.1) is 11.3 Å². The van der Waals surface area contributed by atoms with Crippen molar-refractivity contribution >= 4 is 23.2 Å². The monoisotopic (exact) mass is 283 g/mol. The van der Waals surface area contributed by atoms with Crippen molar-refractivity contribution in [3.05, 3.63) is 21.4 Å². The highest BCUT2D eigenvalue weighted by molar-refractivity contribution is 7.14. The molecule has 0 unspecified atom stereocenters. The summed E-state index contributed by atoms with van der Waals surface area (Å²) in [5.41, 5.74) is -0.181. The van der Waals surface area contributed by atoms with Crippen molar-refractivity contribution in [1.29, 1.82) is 0 Å². The lowest BCUT2D eigenvalue weighted by atomic mass is 10.0. The smallest absolute Gasteiger partial charge is 0.329 e. The highest BCUT2D eigenvalue weighted by Gasteiger charge is 2.36. The van der Waals surface area contributed by atoms with Gasteiger partial charge >= 0.3 is 5.97 Å². The number of carbonyl (C=O) groups excluding carboxylic acids is 1. The largest absolute Gasteiger partial charge is 0.480 e. The van der Waals surface area contributed by atoms with Crippen molar-refractivity contribution in [2.75, 3.05) is 13.7 Å². The minimum absolute atomic E-state index is 0.258. The molecule has 0 fully saturated rings. The van der Waals surface area contributed by atoms with E-state index >= 15 is 0 Å². The third kappa shape index (κ3) is 2.50. The number of fused-ring (bicyclic) bond motifs is 1. The van der Waals surface area contributed by atoms with Crippen LogP contribution in [0.4, 0.5) is 0 Å². The average Bonchev–Trinajstić information content (AvgIpc) is 2.80. The van der Waals surface area contributed by atoms with Crippen molar-refractivity contribution in [3.63, 3.8) is 0 Å². The molecule has 0 saturated carbocycles. The molecule has 2 rings (SSSR count). The number of thiophene rings is 1. The molecule has 0 aromatic carbocycles. The maximum absolute atomic E-state index is 12.3. The normalized spacial score (nSPS) is 14.9. The Morgan fingerprint density at radius 3 is 2.74 bits per heavy atom. The number of hydrogen-bond acceptors (Lipinski definition) is 4. The number of hydrogen-bond donors (Lipinski definition) is 1. The van der Waals surface area contributed by atoms with Crippen molar-refractivity contribution < 1.29 is 19.4 Å². The second-order valence-corrected chi connectivity index (χ2v) is 6.23. The number of ether oxygens (including phenoxy) is 1. The standard InChI is InChI=1S/C13H17NO4S/c1-13(2,12(16)17)14(3)11(15)10-6-8-7-18-5-4-9(8)19-10/h6H,4-5,7H2,1-3H3,(H,16,17). The number of rotatable bonds is 3. The van der Waals surface area contributed by atoms with E-state index < -0.39 is 11.5 Å². The molecule has 0 aliphatic carbocycles. The van der Waals surface area contributed by atoms with E-state index in [1.807, 2.05) is 6.07 Å². The second kappa shape index (κ2) is 4.94. The molecule has 104 valence electrons. The Balaban J connectivity index is 2.24. The van der Waals surface area contributed by atoms with Crippen LogP contribution in [0.1, 0.15) is 34.0 Å². The van der Waals surface area contributed by atoms with Crippen LogP contribution in [0, 0.1) is 0 Å². The number of nitrogens with zero attached hydrogens (tertiary/aromatic N) is 1. The van der Waals surface area contributed by atoms with Gasteiger partial charge in [0.25, 0.3) is 5.91 Å². The number of aliphatic carboxylic acids is 1. The Morgan fingerprint density at radius 1 is 1.47 bits per heavy atom. The minimum atomic E-state index is -1.22. The number of likely N-dealkylation sites (N-methyl/N-ethyl adjacent to an activating group) is 1. The van der Waals surface area contributed by atoms with E-state index in [0.29, 0.717) is 18.1 Å². The van der Waals surface area contributed by atoms with E-state index in [1.165, 1.54) is 37.1 Å². The SMILES string of the molecule is CN(C(=O)c1cc2c(s1)CCOC2)C(C)(C)C(=O)O. The summed E-state index contributed by atoms with van der Waals surface area (Å²) >= 11 is 1.44. The molecule has 0 atom stereocenters. The van der Waals surface area contributed by atoms with Gasteiger partial charge in [0.05, 0.1) is 18.1 Å². The third-order valence-electron chi connectivity index (χ3n) is 3.50. The first-order valence-corrected chi connectivity index (χ1v) is 6.86. The first kappa shape index (κ1) is 14.0. The predicted molar refractivity (Wildman–Crippen MR) is 71.5 cm³/mol. The minimum Gasteiger partial charge on any atom is -0.480 e. The van der Waals surface area contributed by atoms with E-state index in [-0.39, 0.29) is 5.91 Å². The molecule has 1 aliphatic rings. The molecule has 1 N–H and O–H groups in total. The highest BCUT2D eigenvalue weighted by Crippen LogP contribution is 2.29. The van der Waals surface area contributed by atoms with Crippen LogP contribution in [0.2, 0.25) is 0 Å². The first-order valence-electron chi connectivity index (χ1n) is 6.05. The number of amides is 1. The molecule has 0 spiro atoms. The fourth-order valence-corrected chi connectivity index (χ4v) is 2.94. The van der Waals surface area contributed by atoms with Crippen LogP contribution < -0.4 is 0 Å². The Hall–Kier alpha value is -1.40. The third-order valence-corrected chi connectivity index (χ3v) is 4.73. The van der Waals surface area contributed by atoms with Gasteiger partial charge in [-0.3, -0.25) is 4.79 Å². The molecule has 1 amide bonds. The Labute approximate surface area is 115 Å². The fraction of sp³-hybridized carbons (Fsp3) is 0.538. The zero-order valence-electron chi connectivity index (χ0n) is 11.2. The summed E-state index contributed by atoms with van der Waals surface area (Å²) in [4.78, 5) is 26.5. The van der Waals surface area contributed by atoms with E-state index in [2.05, 4.69) is 0 Å². The van der Waals surface area contributed by atoms with E-state index in [4.69, 9.17) is 9.84 Å². The van der Waals surface area contributed by atoms with Gasteiger partial charge in [-0.1, -0.05) is 0 Å². The maximum Gasteiger partial charge on any atom is 0.329 e. The van der Waals surface area contributed by atoms with Crippen LogP contribution in [-0.4, -0.2) is 41.1 Å². The lowest BCUT2D eigenvalue weighted by molar-refractivity contribution is -0.147. The lowest BCUT2D eigenvalue weighted by Gasteiger charge is -2.31. The topological polar surface area (TPSA) is 66.8 Å². The van der Waals surface area contributed by atoms with E-state index in [9.17, 15) is 9.59 Å². The van der Waals surface area contributed by atoms with E-state index in [1.54, 1.807) is 0 Å². The molecule has 1 aromatic rings. The molecule has 1 aliphatic heterocycles. The van der Waals surface area contributed by atoms with Crippen LogP contribution in [0.25, 0.3) is 0 Å². The number of carbonyl (C=O) groups is 2. The summed E-state index contributed by atoms with van der Waals surface area (Å²) < 4.78 is 5.34. The van der Waals surface area contributed by atoms with Crippen molar-refractivity contribution in [1.82, 2.24) is 4.90 Å². The Bertz CT molecular complexity index is 497. The Morgan fingerprint density at radius 2 is 2.16 bits per heavy atom. The van der Waals surface area contributed by atoms with Gasteiger partial charge in [-0.2, -0.15) is 0 Å². The summed E-state index contributed by atoms with van der Waals surface area (Å²) in [6.07, 6.45) is 0.819. The molecule has 2 heterocycles. The average molecular weight is 283 g/mol. The Kier molecular flexibility index (Phi) is 3.64. The van der Waals surface area contributed by atoms with Gasteiger partial charge in [-0.05, 0) is 25.5 Å². The van der Waals surface area contributed by atoms with Gasteiger partial charge in [0.1, 0.15) is 5.54 Å². The van der Waals surface area contributed by atoms with Crippen LogP contribution >= 0.6 is 11.3 Å². The quantitative estimate of drug-likeness (QED) is 0.918. The van der Waals surface area contributed by atoms with Crippen LogP contribution in [0.3, 0.4) is 0 Å². The molecule has 6 heteroatoms. The number of carboxylic acids is 1. The molecule has 0 radical (unpaired) electrons. The van der Waals surface area contributed by atoms with Crippen molar-refractivity contribution in [2.45, 2.75) is 32.4 Å². The first-order chi connectivity index (χ1) is 8.84. The summed E-state index contributed by atoms with van der Waals surface area (Å²) in [5.74, 6) is -1.28. The summed E-state index contributed by atoms with van der Waals surface area (Å²) in [7, 11) is 1.52. The predicted octanol–water partition coefficient (Wildman–Crippen LogP) is 1.76. The summed E-state index contributed by atoms with van der Waals surface area (Å²) in [6.45, 7) is 4.25. The van der Waals surface area contributed by atoms with Crippen LogP contribution in [-0.2, 0) is 22.6 Å². The van der Waals surface area contributed by atoms with Crippen molar-refractivity contribution in [2.24, 2.45) is 0 Å². The van der Waals surface area contributed by atoms with Crippen LogP contribution in [0.5, 0.6) is 0 Å². The second-order valence-electron chi connectivity index (χ2n) is 5.09. The van der Waals surface area contributed by atoms with Gasteiger partial charge in [-0.25, -0.2) is 4.79 Å². The zero-order chi connectivity index (χ0) is 14.2. The summed E-state index contributed by atoms with van der Waals surface area (Å²) in [5, 5.41) is 9.16. The van der Waals surface area contributed by atoms with Gasteiger partial charge in [0.15, 0.2) is 0 Å².